The van der Waals surface area contributed by atoms with Gasteiger partial charge in [0.25, 0.3) is 5.56 Å². The Balaban J connectivity index is 2.34. The van der Waals surface area contributed by atoms with Crippen LogP contribution in [-0.2, 0) is 6.42 Å². The number of rotatable bonds is 5. The first-order valence-electron chi connectivity index (χ1n) is 6.15. The molecule has 1 aromatic heterocycles. The molecule has 0 aliphatic carbocycles. The second-order valence-electron chi connectivity index (χ2n) is 4.19. The average molecular weight is 309 g/mol. The van der Waals surface area contributed by atoms with Crippen LogP contribution < -0.4 is 5.56 Å². The Hall–Kier alpha value is -1.59. The Morgan fingerprint density at radius 2 is 2.20 bits per heavy atom. The van der Waals surface area contributed by atoms with Crippen molar-refractivity contribution in [3.8, 4) is 0 Å². The number of aldehydes is 1. The van der Waals surface area contributed by atoms with E-state index in [1.165, 1.54) is 17.8 Å². The summed E-state index contributed by atoms with van der Waals surface area (Å²) in [6, 6.07) is 6.52. The number of aryl methyl sites for hydroxylation is 1. The maximum atomic E-state index is 11.6. The highest BCUT2D eigenvalue weighted by Gasteiger charge is 2.08. The molecule has 20 heavy (non-hydrogen) atoms. The quantitative estimate of drug-likeness (QED) is 0.679. The summed E-state index contributed by atoms with van der Waals surface area (Å²) in [6.07, 6.45) is 2.40. The highest BCUT2D eigenvalue weighted by Crippen LogP contribution is 2.28. The van der Waals surface area contributed by atoms with Crippen molar-refractivity contribution >= 4 is 29.6 Å². The van der Waals surface area contributed by atoms with Gasteiger partial charge < -0.3 is 4.98 Å². The van der Waals surface area contributed by atoms with Crippen LogP contribution in [0.15, 0.2) is 39.1 Å². The van der Waals surface area contributed by atoms with Crippen molar-refractivity contribution in [1.29, 1.82) is 0 Å². The van der Waals surface area contributed by atoms with E-state index in [0.717, 1.165) is 24.8 Å². The summed E-state index contributed by atoms with van der Waals surface area (Å²) in [5, 5.41) is 0.976. The van der Waals surface area contributed by atoms with Crippen molar-refractivity contribution < 1.29 is 4.79 Å². The van der Waals surface area contributed by atoms with Gasteiger partial charge in [-0.3, -0.25) is 9.59 Å². The largest absolute Gasteiger partial charge is 0.301 e. The maximum Gasteiger partial charge on any atom is 0.251 e. The minimum atomic E-state index is -0.187. The number of hydrogen-bond acceptors (Lipinski definition) is 4. The van der Waals surface area contributed by atoms with Crippen LogP contribution in [0.2, 0.25) is 5.02 Å². The van der Waals surface area contributed by atoms with E-state index in [2.05, 4.69) is 9.97 Å². The Labute approximate surface area is 125 Å². The highest BCUT2D eigenvalue weighted by atomic mass is 35.5. The SMILES string of the molecule is CCCc1cc(=O)[nH]c(Sc2ccc(Cl)cc2C=O)n1. The standard InChI is InChI=1S/C14H13ClN2O2S/c1-2-3-11-7-13(19)17-14(16-11)20-12-5-4-10(15)6-9(12)8-18/h4-8H,2-3H2,1H3,(H,16,17,19). The predicted molar refractivity (Wildman–Crippen MR) is 79.8 cm³/mol. The van der Waals surface area contributed by atoms with Gasteiger partial charge in [0.2, 0.25) is 0 Å². The second kappa shape index (κ2) is 6.72. The first-order chi connectivity index (χ1) is 9.62. The normalized spacial score (nSPS) is 10.5. The molecule has 0 bridgehead atoms. The number of benzene rings is 1. The van der Waals surface area contributed by atoms with Crippen molar-refractivity contribution in [3.63, 3.8) is 0 Å². The summed E-state index contributed by atoms with van der Waals surface area (Å²) in [5.41, 5.74) is 1.04. The molecule has 2 aromatic rings. The van der Waals surface area contributed by atoms with Gasteiger partial charge in [0.05, 0.1) is 0 Å². The molecule has 0 radical (unpaired) electrons. The summed E-state index contributed by atoms with van der Waals surface area (Å²) < 4.78 is 0. The van der Waals surface area contributed by atoms with Gasteiger partial charge in [0.15, 0.2) is 11.4 Å². The third-order valence-corrected chi connectivity index (χ3v) is 3.80. The minimum Gasteiger partial charge on any atom is -0.301 e. The summed E-state index contributed by atoms with van der Waals surface area (Å²) in [4.78, 5) is 30.4. The van der Waals surface area contributed by atoms with E-state index < -0.39 is 0 Å². The van der Waals surface area contributed by atoms with Crippen LogP contribution in [0.3, 0.4) is 0 Å². The van der Waals surface area contributed by atoms with Crippen LogP contribution in [0.4, 0.5) is 0 Å². The van der Waals surface area contributed by atoms with Gasteiger partial charge in [0, 0.05) is 27.2 Å². The first kappa shape index (κ1) is 14.8. The number of nitrogens with one attached hydrogen (secondary N) is 1. The molecule has 0 aliphatic rings. The summed E-state index contributed by atoms with van der Waals surface area (Å²) >= 11 is 7.09. The third kappa shape index (κ3) is 3.71. The average Bonchev–Trinajstić information content (AvgIpc) is 2.40. The van der Waals surface area contributed by atoms with Gasteiger partial charge in [-0.2, -0.15) is 0 Å². The number of aromatic nitrogens is 2. The fourth-order valence-corrected chi connectivity index (χ4v) is 2.79. The Morgan fingerprint density at radius 1 is 1.40 bits per heavy atom. The fourth-order valence-electron chi connectivity index (χ4n) is 1.72. The lowest BCUT2D eigenvalue weighted by Gasteiger charge is -2.05. The van der Waals surface area contributed by atoms with E-state index in [1.807, 2.05) is 6.92 Å². The van der Waals surface area contributed by atoms with Gasteiger partial charge in [-0.25, -0.2) is 4.98 Å². The number of aromatic amines is 1. The molecule has 0 amide bonds. The van der Waals surface area contributed by atoms with Crippen LogP contribution in [0.1, 0.15) is 29.4 Å². The van der Waals surface area contributed by atoms with Crippen molar-refractivity contribution in [2.45, 2.75) is 29.8 Å². The summed E-state index contributed by atoms with van der Waals surface area (Å²) in [7, 11) is 0. The Morgan fingerprint density at radius 3 is 2.90 bits per heavy atom. The zero-order chi connectivity index (χ0) is 14.5. The lowest BCUT2D eigenvalue weighted by atomic mass is 10.2. The van der Waals surface area contributed by atoms with Crippen LogP contribution in [0.25, 0.3) is 0 Å². The molecule has 6 heteroatoms. The number of halogens is 1. The summed E-state index contributed by atoms with van der Waals surface area (Å²) in [6.45, 7) is 2.03. The molecule has 0 fully saturated rings. The molecule has 1 aromatic carbocycles. The molecule has 0 aliphatic heterocycles. The van der Waals surface area contributed by atoms with E-state index in [-0.39, 0.29) is 5.56 Å². The number of carbonyl (C=O) groups excluding carboxylic acids is 1. The van der Waals surface area contributed by atoms with Gasteiger partial charge in [-0.05, 0) is 24.6 Å². The zero-order valence-electron chi connectivity index (χ0n) is 10.9. The van der Waals surface area contributed by atoms with Crippen molar-refractivity contribution in [1.82, 2.24) is 9.97 Å². The molecule has 1 heterocycles. The molecule has 4 nitrogen and oxygen atoms in total. The number of hydrogen-bond donors (Lipinski definition) is 1. The molecule has 0 saturated heterocycles. The first-order valence-corrected chi connectivity index (χ1v) is 7.34. The lowest BCUT2D eigenvalue weighted by Crippen LogP contribution is -2.09. The van der Waals surface area contributed by atoms with Crippen molar-refractivity contribution in [3.05, 3.63) is 50.9 Å². The molecular formula is C14H13ClN2O2S. The van der Waals surface area contributed by atoms with E-state index in [4.69, 9.17) is 11.6 Å². The number of nitrogens with zero attached hydrogens (tertiary/aromatic N) is 1. The monoisotopic (exact) mass is 308 g/mol. The molecular weight excluding hydrogens is 296 g/mol. The lowest BCUT2D eigenvalue weighted by molar-refractivity contribution is 0.112. The van der Waals surface area contributed by atoms with E-state index in [9.17, 15) is 9.59 Å². The molecule has 1 N–H and O–H groups in total. The minimum absolute atomic E-state index is 0.187. The zero-order valence-corrected chi connectivity index (χ0v) is 12.4. The van der Waals surface area contributed by atoms with Crippen LogP contribution in [-0.4, -0.2) is 16.3 Å². The van der Waals surface area contributed by atoms with E-state index in [0.29, 0.717) is 20.6 Å². The van der Waals surface area contributed by atoms with Crippen LogP contribution in [0, 0.1) is 0 Å². The van der Waals surface area contributed by atoms with E-state index >= 15 is 0 Å². The van der Waals surface area contributed by atoms with Gasteiger partial charge in [0.1, 0.15) is 0 Å². The maximum absolute atomic E-state index is 11.6. The van der Waals surface area contributed by atoms with Crippen LogP contribution >= 0.6 is 23.4 Å². The summed E-state index contributed by atoms with van der Waals surface area (Å²) in [5.74, 6) is 0. The highest BCUT2D eigenvalue weighted by molar-refractivity contribution is 7.99. The van der Waals surface area contributed by atoms with E-state index in [1.54, 1.807) is 18.2 Å². The number of carbonyl (C=O) groups is 1. The van der Waals surface area contributed by atoms with Crippen LogP contribution in [0.5, 0.6) is 0 Å². The van der Waals surface area contributed by atoms with Crippen molar-refractivity contribution in [2.75, 3.05) is 0 Å². The van der Waals surface area contributed by atoms with Crippen molar-refractivity contribution in [2.24, 2.45) is 0 Å². The molecule has 2 rings (SSSR count). The van der Waals surface area contributed by atoms with Gasteiger partial charge in [-0.1, -0.05) is 36.7 Å². The molecule has 0 spiro atoms. The topological polar surface area (TPSA) is 62.8 Å². The Bertz CT molecular complexity index is 685. The molecule has 0 saturated carbocycles. The smallest absolute Gasteiger partial charge is 0.251 e. The predicted octanol–water partition coefficient (Wildman–Crippen LogP) is 3.34. The van der Waals surface area contributed by atoms with Gasteiger partial charge >= 0.3 is 0 Å². The Kier molecular flexibility index (Phi) is 4.98. The number of H-pyrrole nitrogens is 1. The molecule has 0 unspecified atom stereocenters. The molecule has 104 valence electrons. The fraction of sp³-hybridized carbons (Fsp3) is 0.214. The van der Waals surface area contributed by atoms with Gasteiger partial charge in [-0.15, -0.1) is 0 Å². The second-order valence-corrected chi connectivity index (χ2v) is 5.66. The third-order valence-electron chi connectivity index (χ3n) is 2.58. The molecule has 0 atom stereocenters.